The summed E-state index contributed by atoms with van der Waals surface area (Å²) in [6, 6.07) is 0. The number of rotatable bonds is 29. The van der Waals surface area contributed by atoms with Crippen LogP contribution in [-0.2, 0) is 9.53 Å². The lowest BCUT2D eigenvalue weighted by Crippen LogP contribution is -2.22. The lowest BCUT2D eigenvalue weighted by molar-refractivity contribution is -0.150. The number of hydrogen-bond acceptors (Lipinski definition) is 2. The molecule has 3 atom stereocenters. The molecule has 0 aliphatic heterocycles. The zero-order chi connectivity index (χ0) is 28.3. The summed E-state index contributed by atoms with van der Waals surface area (Å²) in [5.74, 6) is 2.47. The van der Waals surface area contributed by atoms with Crippen molar-refractivity contribution in [1.29, 1.82) is 0 Å². The van der Waals surface area contributed by atoms with Crippen LogP contribution in [0.15, 0.2) is 0 Å². The molecule has 0 saturated carbocycles. The Kier molecular flexibility index (Phi) is 27.6. The Morgan fingerprint density at radius 3 is 1.42 bits per heavy atom. The van der Waals surface area contributed by atoms with E-state index in [1.54, 1.807) is 0 Å². The molecule has 0 aliphatic rings. The molecule has 0 amide bonds. The standard InChI is InChI=1S/C36H72O2/c1-7-11-13-15-17-22-29-35(30-23-18-16-14-12-8-2)36(37)38-31-34(28-24-26-33(6)10-4)27-21-19-20-25-32(5)9-3/h32-35H,7-31H2,1-6H3. The molecular formula is C36H72O2. The van der Waals surface area contributed by atoms with Crippen LogP contribution in [-0.4, -0.2) is 12.6 Å². The molecule has 0 fully saturated rings. The number of hydrogen-bond donors (Lipinski definition) is 0. The van der Waals surface area contributed by atoms with Gasteiger partial charge in [-0.15, -0.1) is 0 Å². The van der Waals surface area contributed by atoms with E-state index in [2.05, 4.69) is 41.5 Å². The SMILES string of the molecule is CCCCCCCCC(CCCCCCCC)C(=O)OCC(CCCCCC(C)CC)CCCC(C)CC. The summed E-state index contributed by atoms with van der Waals surface area (Å²) in [4.78, 5) is 13.3. The molecule has 0 heterocycles. The van der Waals surface area contributed by atoms with Gasteiger partial charge in [0.15, 0.2) is 0 Å². The highest BCUT2D eigenvalue weighted by atomic mass is 16.5. The molecule has 2 nitrogen and oxygen atoms in total. The minimum Gasteiger partial charge on any atom is -0.465 e. The van der Waals surface area contributed by atoms with Crippen molar-refractivity contribution >= 4 is 5.97 Å². The summed E-state index contributed by atoms with van der Waals surface area (Å²) in [6.07, 6.45) is 30.6. The fraction of sp³-hybridized carbons (Fsp3) is 0.972. The summed E-state index contributed by atoms with van der Waals surface area (Å²) in [7, 11) is 0. The lowest BCUT2D eigenvalue weighted by atomic mass is 9.92. The summed E-state index contributed by atoms with van der Waals surface area (Å²) in [5.41, 5.74) is 0. The first kappa shape index (κ1) is 37.5. The highest BCUT2D eigenvalue weighted by Crippen LogP contribution is 2.24. The van der Waals surface area contributed by atoms with Crippen molar-refractivity contribution in [2.24, 2.45) is 23.7 Å². The van der Waals surface area contributed by atoms with Crippen LogP contribution >= 0.6 is 0 Å². The normalized spacial score (nSPS) is 14.1. The predicted molar refractivity (Wildman–Crippen MR) is 170 cm³/mol. The largest absolute Gasteiger partial charge is 0.465 e. The average Bonchev–Trinajstić information content (AvgIpc) is 2.92. The third kappa shape index (κ3) is 23.4. The van der Waals surface area contributed by atoms with Crippen LogP contribution in [0.3, 0.4) is 0 Å². The highest BCUT2D eigenvalue weighted by molar-refractivity contribution is 5.72. The molecule has 0 saturated heterocycles. The van der Waals surface area contributed by atoms with Crippen LogP contribution in [0.5, 0.6) is 0 Å². The van der Waals surface area contributed by atoms with E-state index in [9.17, 15) is 4.79 Å². The van der Waals surface area contributed by atoms with E-state index in [0.717, 1.165) is 24.7 Å². The van der Waals surface area contributed by atoms with E-state index < -0.39 is 0 Å². The van der Waals surface area contributed by atoms with Crippen LogP contribution in [0.2, 0.25) is 0 Å². The van der Waals surface area contributed by atoms with E-state index in [4.69, 9.17) is 4.74 Å². The van der Waals surface area contributed by atoms with Gasteiger partial charge in [0.05, 0.1) is 12.5 Å². The van der Waals surface area contributed by atoms with Crippen molar-refractivity contribution in [3.63, 3.8) is 0 Å². The summed E-state index contributed by atoms with van der Waals surface area (Å²) in [6.45, 7) is 14.6. The molecule has 0 aliphatic carbocycles. The summed E-state index contributed by atoms with van der Waals surface area (Å²) in [5, 5.41) is 0. The summed E-state index contributed by atoms with van der Waals surface area (Å²) >= 11 is 0. The number of unbranched alkanes of at least 4 members (excludes halogenated alkanes) is 12. The van der Waals surface area contributed by atoms with Gasteiger partial charge in [-0.3, -0.25) is 4.79 Å². The van der Waals surface area contributed by atoms with E-state index >= 15 is 0 Å². The Balaban J connectivity index is 4.72. The molecule has 0 rings (SSSR count). The lowest BCUT2D eigenvalue weighted by Gasteiger charge is -2.21. The monoisotopic (exact) mass is 537 g/mol. The van der Waals surface area contributed by atoms with Crippen molar-refractivity contribution in [2.75, 3.05) is 6.61 Å². The maximum absolute atomic E-state index is 13.3. The van der Waals surface area contributed by atoms with Crippen LogP contribution in [0.25, 0.3) is 0 Å². The Morgan fingerprint density at radius 1 is 0.500 bits per heavy atom. The first-order valence-electron chi connectivity index (χ1n) is 17.6. The molecule has 0 aromatic heterocycles. The Bertz CT molecular complexity index is 472. The van der Waals surface area contributed by atoms with E-state index in [1.807, 2.05) is 0 Å². The number of carbonyl (C=O) groups is 1. The maximum atomic E-state index is 13.3. The van der Waals surface area contributed by atoms with Crippen molar-refractivity contribution in [3.8, 4) is 0 Å². The molecule has 0 spiro atoms. The average molecular weight is 537 g/mol. The smallest absolute Gasteiger partial charge is 0.308 e. The molecule has 0 radical (unpaired) electrons. The molecule has 0 N–H and O–H groups in total. The first-order chi connectivity index (χ1) is 18.5. The second-order valence-electron chi connectivity index (χ2n) is 12.9. The van der Waals surface area contributed by atoms with Gasteiger partial charge in [0.2, 0.25) is 0 Å². The quantitative estimate of drug-likeness (QED) is 0.0701. The topological polar surface area (TPSA) is 26.3 Å². The fourth-order valence-electron chi connectivity index (χ4n) is 5.62. The van der Waals surface area contributed by atoms with E-state index in [0.29, 0.717) is 12.5 Å². The zero-order valence-corrected chi connectivity index (χ0v) is 27.3. The molecule has 0 aromatic rings. The zero-order valence-electron chi connectivity index (χ0n) is 27.3. The van der Waals surface area contributed by atoms with Crippen LogP contribution in [0, 0.1) is 23.7 Å². The molecule has 228 valence electrons. The number of esters is 1. The molecule has 0 aromatic carbocycles. The minimum absolute atomic E-state index is 0.121. The van der Waals surface area contributed by atoms with E-state index in [1.165, 1.54) is 141 Å². The van der Waals surface area contributed by atoms with Gasteiger partial charge in [-0.05, 0) is 43.4 Å². The van der Waals surface area contributed by atoms with Gasteiger partial charge in [0.1, 0.15) is 0 Å². The number of carbonyl (C=O) groups excluding carboxylic acids is 1. The Morgan fingerprint density at radius 2 is 0.895 bits per heavy atom. The molecule has 3 unspecified atom stereocenters. The van der Waals surface area contributed by atoms with Crippen molar-refractivity contribution in [3.05, 3.63) is 0 Å². The molecule has 2 heteroatoms. The molecular weight excluding hydrogens is 464 g/mol. The second-order valence-corrected chi connectivity index (χ2v) is 12.9. The number of ether oxygens (including phenoxy) is 1. The Hall–Kier alpha value is -0.530. The van der Waals surface area contributed by atoms with Gasteiger partial charge >= 0.3 is 5.97 Å². The summed E-state index contributed by atoms with van der Waals surface area (Å²) < 4.78 is 6.12. The van der Waals surface area contributed by atoms with Gasteiger partial charge in [0, 0.05) is 0 Å². The predicted octanol–water partition coefficient (Wildman–Crippen LogP) is 12.5. The minimum atomic E-state index is 0.121. The van der Waals surface area contributed by atoms with Gasteiger partial charge in [-0.1, -0.05) is 170 Å². The van der Waals surface area contributed by atoms with Gasteiger partial charge in [-0.25, -0.2) is 0 Å². The van der Waals surface area contributed by atoms with Crippen molar-refractivity contribution in [1.82, 2.24) is 0 Å². The van der Waals surface area contributed by atoms with E-state index in [-0.39, 0.29) is 11.9 Å². The van der Waals surface area contributed by atoms with Gasteiger partial charge in [-0.2, -0.15) is 0 Å². The third-order valence-corrected chi connectivity index (χ3v) is 9.12. The first-order valence-corrected chi connectivity index (χ1v) is 17.6. The van der Waals surface area contributed by atoms with Crippen LogP contribution in [0.4, 0.5) is 0 Å². The fourth-order valence-corrected chi connectivity index (χ4v) is 5.62. The van der Waals surface area contributed by atoms with Crippen LogP contribution < -0.4 is 0 Å². The van der Waals surface area contributed by atoms with Gasteiger partial charge < -0.3 is 4.74 Å². The molecule has 38 heavy (non-hydrogen) atoms. The molecule has 0 bridgehead atoms. The van der Waals surface area contributed by atoms with Gasteiger partial charge in [0.25, 0.3) is 0 Å². The van der Waals surface area contributed by atoms with Crippen molar-refractivity contribution < 1.29 is 9.53 Å². The third-order valence-electron chi connectivity index (χ3n) is 9.12. The highest BCUT2D eigenvalue weighted by Gasteiger charge is 2.21. The maximum Gasteiger partial charge on any atom is 0.308 e. The Labute approximate surface area is 241 Å². The van der Waals surface area contributed by atoms with Crippen molar-refractivity contribution in [2.45, 2.75) is 196 Å². The van der Waals surface area contributed by atoms with Crippen LogP contribution in [0.1, 0.15) is 196 Å². The second kappa shape index (κ2) is 28.0.